The van der Waals surface area contributed by atoms with E-state index in [-0.39, 0.29) is 0 Å². The zero-order valence-corrected chi connectivity index (χ0v) is 9.74. The summed E-state index contributed by atoms with van der Waals surface area (Å²) >= 11 is 0. The summed E-state index contributed by atoms with van der Waals surface area (Å²) in [5.74, 6) is 0.849. The fourth-order valence-electron chi connectivity index (χ4n) is 1.83. The van der Waals surface area contributed by atoms with E-state index in [9.17, 15) is 0 Å². The van der Waals surface area contributed by atoms with Gasteiger partial charge in [0.1, 0.15) is 12.4 Å². The topological polar surface area (TPSA) is 8.81 Å². The van der Waals surface area contributed by atoms with E-state index in [0.717, 1.165) is 5.92 Å². The molecule has 0 amide bonds. The van der Waals surface area contributed by atoms with E-state index in [1.54, 1.807) is 0 Å². The molecule has 0 saturated carbocycles. The highest BCUT2D eigenvalue weighted by Crippen LogP contribution is 2.12. The molecule has 1 unspecified atom stereocenters. The minimum atomic E-state index is 0.849. The van der Waals surface area contributed by atoms with Crippen LogP contribution < -0.4 is 4.57 Å². The number of aryl methyl sites for hydroxylation is 1. The van der Waals surface area contributed by atoms with Gasteiger partial charge in [0.2, 0.25) is 6.33 Å². The average molecular weight is 195 g/mol. The molecular weight excluding hydrogens is 172 g/mol. The highest BCUT2D eigenvalue weighted by atomic mass is 15.1. The number of hydrogen-bond acceptors (Lipinski definition) is 0. The van der Waals surface area contributed by atoms with Crippen LogP contribution in [0.25, 0.3) is 0 Å². The molecule has 0 N–H and O–H groups in total. The van der Waals surface area contributed by atoms with Crippen LogP contribution in [0.2, 0.25) is 0 Å². The van der Waals surface area contributed by atoms with Crippen molar-refractivity contribution >= 4 is 0 Å². The second-order valence-corrected chi connectivity index (χ2v) is 4.19. The predicted octanol–water partition coefficient (Wildman–Crippen LogP) is 2.53. The van der Waals surface area contributed by atoms with Gasteiger partial charge < -0.3 is 0 Å². The van der Waals surface area contributed by atoms with E-state index >= 15 is 0 Å². The third kappa shape index (κ3) is 3.52. The van der Waals surface area contributed by atoms with Crippen molar-refractivity contribution < 1.29 is 4.57 Å². The summed E-state index contributed by atoms with van der Waals surface area (Å²) in [5, 5.41) is 0. The van der Waals surface area contributed by atoms with Crippen molar-refractivity contribution in [1.82, 2.24) is 4.57 Å². The fourth-order valence-corrected chi connectivity index (χ4v) is 1.83. The maximum Gasteiger partial charge on any atom is 0.243 e. The first-order valence-electron chi connectivity index (χ1n) is 5.77. The molecule has 0 spiro atoms. The Labute approximate surface area is 87.6 Å². The second-order valence-electron chi connectivity index (χ2n) is 4.19. The molecule has 0 radical (unpaired) electrons. The summed E-state index contributed by atoms with van der Waals surface area (Å²) in [7, 11) is 2.07. The molecule has 1 aromatic heterocycles. The van der Waals surface area contributed by atoms with E-state index in [1.807, 2.05) is 0 Å². The van der Waals surface area contributed by atoms with Gasteiger partial charge in [-0.1, -0.05) is 26.7 Å². The van der Waals surface area contributed by atoms with Crippen LogP contribution in [0.3, 0.4) is 0 Å². The van der Waals surface area contributed by atoms with Gasteiger partial charge >= 0.3 is 0 Å². The Kier molecular flexibility index (Phi) is 4.71. The number of unbranched alkanes of at least 4 members (excludes halogenated alkanes) is 1. The molecular formula is C12H23N2+. The van der Waals surface area contributed by atoms with Crippen molar-refractivity contribution in [1.29, 1.82) is 0 Å². The number of rotatable bonds is 6. The Hall–Kier alpha value is -0.790. The van der Waals surface area contributed by atoms with Crippen molar-refractivity contribution in [2.45, 2.75) is 46.1 Å². The highest BCUT2D eigenvalue weighted by Gasteiger charge is 2.10. The number of aromatic nitrogens is 2. The first kappa shape index (κ1) is 11.3. The van der Waals surface area contributed by atoms with Gasteiger partial charge in [0.25, 0.3) is 0 Å². The Morgan fingerprint density at radius 2 is 2.14 bits per heavy atom. The lowest BCUT2D eigenvalue weighted by Gasteiger charge is -2.11. The largest absolute Gasteiger partial charge is 0.243 e. The monoisotopic (exact) mass is 195 g/mol. The summed E-state index contributed by atoms with van der Waals surface area (Å²) in [4.78, 5) is 0. The molecule has 2 nitrogen and oxygen atoms in total. The molecule has 1 atom stereocenters. The van der Waals surface area contributed by atoms with Gasteiger partial charge in [0.15, 0.2) is 0 Å². The van der Waals surface area contributed by atoms with E-state index in [1.165, 1.54) is 32.2 Å². The molecule has 0 aliphatic heterocycles. The molecule has 1 heterocycles. The van der Waals surface area contributed by atoms with Gasteiger partial charge in [-0.15, -0.1) is 0 Å². The summed E-state index contributed by atoms with van der Waals surface area (Å²) in [5.41, 5.74) is 0. The van der Waals surface area contributed by atoms with Gasteiger partial charge in [-0.25, -0.2) is 9.13 Å². The van der Waals surface area contributed by atoms with Crippen molar-refractivity contribution in [3.63, 3.8) is 0 Å². The van der Waals surface area contributed by atoms with E-state index in [2.05, 4.69) is 48.8 Å². The number of hydrogen-bond donors (Lipinski definition) is 0. The molecule has 14 heavy (non-hydrogen) atoms. The van der Waals surface area contributed by atoms with Crippen LogP contribution in [0.15, 0.2) is 18.7 Å². The summed E-state index contributed by atoms with van der Waals surface area (Å²) in [6, 6.07) is 0. The maximum atomic E-state index is 2.30. The smallest absolute Gasteiger partial charge is 0.240 e. The normalized spacial score (nSPS) is 13.1. The summed E-state index contributed by atoms with van der Waals surface area (Å²) in [6.45, 7) is 5.74. The van der Waals surface area contributed by atoms with Crippen LogP contribution in [0.4, 0.5) is 0 Å². The molecule has 0 saturated heterocycles. The number of imidazole rings is 1. The van der Waals surface area contributed by atoms with Crippen molar-refractivity contribution in [2.24, 2.45) is 13.0 Å². The molecule has 1 aromatic rings. The minimum absolute atomic E-state index is 0.849. The fraction of sp³-hybridized carbons (Fsp3) is 0.750. The zero-order chi connectivity index (χ0) is 10.4. The third-order valence-corrected chi connectivity index (χ3v) is 2.84. The van der Waals surface area contributed by atoms with E-state index < -0.39 is 0 Å². The first-order chi connectivity index (χ1) is 6.76. The van der Waals surface area contributed by atoms with Crippen LogP contribution in [-0.2, 0) is 13.6 Å². The van der Waals surface area contributed by atoms with Crippen LogP contribution in [0.5, 0.6) is 0 Å². The van der Waals surface area contributed by atoms with Crippen LogP contribution >= 0.6 is 0 Å². The van der Waals surface area contributed by atoms with Gasteiger partial charge in [-0.05, 0) is 18.8 Å². The lowest BCUT2D eigenvalue weighted by Crippen LogP contribution is -2.35. The Bertz CT molecular complexity index is 253. The molecule has 0 aliphatic rings. The molecule has 1 rings (SSSR count). The molecule has 0 fully saturated rings. The first-order valence-corrected chi connectivity index (χ1v) is 5.77. The van der Waals surface area contributed by atoms with Gasteiger partial charge in [-0.2, -0.15) is 0 Å². The average Bonchev–Trinajstić information content (AvgIpc) is 2.58. The van der Waals surface area contributed by atoms with E-state index in [0.29, 0.717) is 0 Å². The quantitative estimate of drug-likeness (QED) is 0.617. The lowest BCUT2D eigenvalue weighted by molar-refractivity contribution is -0.703. The van der Waals surface area contributed by atoms with Gasteiger partial charge in [-0.3, -0.25) is 0 Å². The Morgan fingerprint density at radius 1 is 1.36 bits per heavy atom. The Morgan fingerprint density at radius 3 is 2.64 bits per heavy atom. The van der Waals surface area contributed by atoms with Gasteiger partial charge in [0.05, 0.1) is 13.6 Å². The molecule has 0 bridgehead atoms. The van der Waals surface area contributed by atoms with Crippen LogP contribution in [0, 0.1) is 5.92 Å². The van der Waals surface area contributed by atoms with Crippen LogP contribution in [0.1, 0.15) is 39.5 Å². The van der Waals surface area contributed by atoms with E-state index in [4.69, 9.17) is 0 Å². The summed E-state index contributed by atoms with van der Waals surface area (Å²) in [6.07, 6.45) is 11.8. The molecule has 0 aliphatic carbocycles. The van der Waals surface area contributed by atoms with Gasteiger partial charge in [0, 0.05) is 0 Å². The SMILES string of the molecule is CCCCC(CC)C[n+]1ccn(C)c1. The maximum absolute atomic E-state index is 2.30. The summed E-state index contributed by atoms with van der Waals surface area (Å²) < 4.78 is 4.40. The van der Waals surface area contributed by atoms with Crippen molar-refractivity contribution in [3.05, 3.63) is 18.7 Å². The third-order valence-electron chi connectivity index (χ3n) is 2.84. The highest BCUT2D eigenvalue weighted by molar-refractivity contribution is 4.63. The minimum Gasteiger partial charge on any atom is -0.240 e. The molecule has 80 valence electrons. The number of nitrogens with zero attached hydrogens (tertiary/aromatic N) is 2. The van der Waals surface area contributed by atoms with Crippen molar-refractivity contribution in [3.8, 4) is 0 Å². The predicted molar refractivity (Wildman–Crippen MR) is 58.9 cm³/mol. The lowest BCUT2D eigenvalue weighted by atomic mass is 9.99. The zero-order valence-electron chi connectivity index (χ0n) is 9.74. The molecule has 2 heteroatoms. The Balaban J connectivity index is 2.40. The van der Waals surface area contributed by atoms with Crippen LogP contribution in [-0.4, -0.2) is 4.57 Å². The van der Waals surface area contributed by atoms with Crippen molar-refractivity contribution in [2.75, 3.05) is 0 Å². The second kappa shape index (κ2) is 5.84. The molecule has 0 aromatic carbocycles. The standard InChI is InChI=1S/C12H23N2/c1-4-6-7-12(5-2)10-14-9-8-13(3)11-14/h8-9,11-12H,4-7,10H2,1-3H3/q+1.